The van der Waals surface area contributed by atoms with Crippen LogP contribution in [0.15, 0.2) is 53.5 Å². The van der Waals surface area contributed by atoms with Gasteiger partial charge < -0.3 is 12.5 Å². The summed E-state index contributed by atoms with van der Waals surface area (Å²) in [7, 11) is 0. The number of aryl methyl sites for hydroxylation is 2. The number of pyridine rings is 1. The number of hydrogen-bond acceptors (Lipinski definition) is 3. The fourth-order valence-corrected chi connectivity index (χ4v) is 3.88. The minimum atomic E-state index is 0. The second-order valence-electron chi connectivity index (χ2n) is 8.50. The number of phenols is 1. The van der Waals surface area contributed by atoms with Gasteiger partial charge in [-0.25, -0.2) is 0 Å². The van der Waals surface area contributed by atoms with Gasteiger partial charge in [-0.3, -0.25) is 9.98 Å². The normalized spacial score (nSPS) is 10.9. The van der Waals surface area contributed by atoms with Gasteiger partial charge in [-0.1, -0.05) is 75.2 Å². The Kier molecular flexibility index (Phi) is 13.7. The molecule has 0 aliphatic heterocycles. The molecule has 0 atom stereocenters. The molecule has 0 aliphatic carbocycles. The summed E-state index contributed by atoms with van der Waals surface area (Å²) in [6.07, 6.45) is 0. The first-order valence-corrected chi connectivity index (χ1v) is 11.5. The SMILES string of the molecule is CC(=Nc1c(C(C)C)cccc1C(C)C)c1cc(Cl)cc(Cl)c1O.Cc1cccc(C)n1.[CH3-].[Ni]. The van der Waals surface area contributed by atoms with Crippen molar-refractivity contribution >= 4 is 34.6 Å². The van der Waals surface area contributed by atoms with Crippen molar-refractivity contribution in [3.05, 3.63) is 94.1 Å². The van der Waals surface area contributed by atoms with E-state index in [1.54, 1.807) is 6.07 Å². The molecule has 0 amide bonds. The third-order valence-electron chi connectivity index (χ3n) is 5.07. The predicted molar refractivity (Wildman–Crippen MR) is 145 cm³/mol. The van der Waals surface area contributed by atoms with Crippen LogP contribution in [-0.4, -0.2) is 15.8 Å². The molecule has 3 rings (SSSR count). The van der Waals surface area contributed by atoms with E-state index in [2.05, 4.69) is 50.9 Å². The van der Waals surface area contributed by atoms with Crippen LogP contribution in [0.1, 0.15) is 74.5 Å². The van der Waals surface area contributed by atoms with E-state index in [9.17, 15) is 5.11 Å². The zero-order valence-corrected chi connectivity index (χ0v) is 23.7. The van der Waals surface area contributed by atoms with Gasteiger partial charge in [0.1, 0.15) is 5.75 Å². The van der Waals surface area contributed by atoms with E-state index in [0.717, 1.165) is 17.1 Å². The average molecular weight is 545 g/mol. The zero-order valence-electron chi connectivity index (χ0n) is 21.2. The summed E-state index contributed by atoms with van der Waals surface area (Å²) in [5.41, 5.74) is 6.76. The third-order valence-corrected chi connectivity index (χ3v) is 5.57. The van der Waals surface area contributed by atoms with Crippen molar-refractivity contribution in [2.45, 2.75) is 60.3 Å². The molecule has 188 valence electrons. The monoisotopic (exact) mass is 543 g/mol. The van der Waals surface area contributed by atoms with E-state index < -0.39 is 0 Å². The van der Waals surface area contributed by atoms with Crippen molar-refractivity contribution in [2.75, 3.05) is 0 Å². The van der Waals surface area contributed by atoms with Gasteiger partial charge in [0.2, 0.25) is 0 Å². The summed E-state index contributed by atoms with van der Waals surface area (Å²) in [6.45, 7) is 14.5. The Morgan fingerprint density at radius 2 is 1.35 bits per heavy atom. The number of aromatic hydroxyl groups is 1. The zero-order chi connectivity index (χ0) is 24.0. The Morgan fingerprint density at radius 3 is 1.76 bits per heavy atom. The van der Waals surface area contributed by atoms with Gasteiger partial charge in [0.05, 0.1) is 10.7 Å². The Morgan fingerprint density at radius 1 is 0.882 bits per heavy atom. The van der Waals surface area contributed by atoms with E-state index in [4.69, 9.17) is 28.2 Å². The molecule has 0 saturated heterocycles. The first-order chi connectivity index (χ1) is 15.0. The number of benzene rings is 2. The molecule has 0 unspecified atom stereocenters. The maximum atomic E-state index is 10.3. The van der Waals surface area contributed by atoms with Gasteiger partial charge >= 0.3 is 0 Å². The van der Waals surface area contributed by atoms with Crippen LogP contribution in [0.25, 0.3) is 0 Å². The maximum absolute atomic E-state index is 10.3. The molecule has 1 aromatic heterocycles. The van der Waals surface area contributed by atoms with Gasteiger partial charge in [-0.15, -0.1) is 0 Å². The third kappa shape index (κ3) is 8.73. The first kappa shape index (κ1) is 32.1. The molecule has 0 radical (unpaired) electrons. The predicted octanol–water partition coefficient (Wildman–Crippen LogP) is 9.23. The Labute approximate surface area is 225 Å². The Bertz CT molecular complexity index is 1070. The van der Waals surface area contributed by atoms with Crippen LogP contribution in [-0.2, 0) is 16.5 Å². The number of hydrogen-bond donors (Lipinski definition) is 1. The molecular formula is C28H35Cl2N2NiO-. The molecule has 34 heavy (non-hydrogen) atoms. The van der Waals surface area contributed by atoms with E-state index >= 15 is 0 Å². The molecule has 0 spiro atoms. The van der Waals surface area contributed by atoms with Crippen molar-refractivity contribution in [3.8, 4) is 5.75 Å². The molecule has 6 heteroatoms. The molecule has 1 N–H and O–H groups in total. The number of aliphatic imine (C=N–C) groups is 1. The summed E-state index contributed by atoms with van der Waals surface area (Å²) in [6, 6.07) is 15.5. The fraction of sp³-hybridized carbons (Fsp3) is 0.321. The molecule has 0 bridgehead atoms. The van der Waals surface area contributed by atoms with Crippen LogP contribution in [0.2, 0.25) is 10.0 Å². The van der Waals surface area contributed by atoms with Gasteiger partial charge in [0, 0.05) is 44.2 Å². The smallest absolute Gasteiger partial charge is 0.143 e. The second-order valence-corrected chi connectivity index (χ2v) is 9.34. The van der Waals surface area contributed by atoms with Gasteiger partial charge in [0.15, 0.2) is 0 Å². The first-order valence-electron chi connectivity index (χ1n) is 10.8. The minimum absolute atomic E-state index is 0. The van der Waals surface area contributed by atoms with Crippen molar-refractivity contribution in [1.82, 2.24) is 4.98 Å². The van der Waals surface area contributed by atoms with E-state index in [1.165, 1.54) is 17.2 Å². The quantitative estimate of drug-likeness (QED) is 0.202. The van der Waals surface area contributed by atoms with Crippen LogP contribution in [0.4, 0.5) is 5.69 Å². The number of nitrogens with zero attached hydrogens (tertiary/aromatic N) is 2. The summed E-state index contributed by atoms with van der Waals surface area (Å²) in [4.78, 5) is 9.03. The van der Waals surface area contributed by atoms with Crippen molar-refractivity contribution in [2.24, 2.45) is 4.99 Å². The summed E-state index contributed by atoms with van der Waals surface area (Å²) in [5.74, 6) is 0.717. The van der Waals surface area contributed by atoms with Crippen molar-refractivity contribution in [1.29, 1.82) is 0 Å². The molecule has 0 saturated carbocycles. The maximum Gasteiger partial charge on any atom is 0.143 e. The van der Waals surface area contributed by atoms with E-state index in [-0.39, 0.29) is 34.7 Å². The Balaban J connectivity index is 0.000000927. The Hall–Kier alpha value is -1.87. The fourth-order valence-electron chi connectivity index (χ4n) is 3.39. The molecule has 3 nitrogen and oxygen atoms in total. The summed E-state index contributed by atoms with van der Waals surface area (Å²) < 4.78 is 0. The average Bonchev–Trinajstić information content (AvgIpc) is 2.70. The number of phenolic OH excluding ortho intramolecular Hbond substituents is 1. The molecule has 3 aromatic rings. The molecule has 0 fully saturated rings. The second kappa shape index (κ2) is 14.5. The van der Waals surface area contributed by atoms with E-state index in [0.29, 0.717) is 28.1 Å². The van der Waals surface area contributed by atoms with Crippen LogP contribution >= 0.6 is 23.2 Å². The summed E-state index contributed by atoms with van der Waals surface area (Å²) >= 11 is 12.1. The van der Waals surface area contributed by atoms with Crippen LogP contribution in [0.5, 0.6) is 5.75 Å². The number of halogens is 2. The van der Waals surface area contributed by atoms with Gasteiger partial charge in [0.25, 0.3) is 0 Å². The van der Waals surface area contributed by atoms with Crippen LogP contribution < -0.4 is 0 Å². The number of para-hydroxylation sites is 1. The van der Waals surface area contributed by atoms with E-state index in [1.807, 2.05) is 39.0 Å². The summed E-state index contributed by atoms with van der Waals surface area (Å²) in [5, 5.41) is 11.0. The molecule has 1 heterocycles. The van der Waals surface area contributed by atoms with Crippen LogP contribution in [0.3, 0.4) is 0 Å². The van der Waals surface area contributed by atoms with Crippen LogP contribution in [0, 0.1) is 21.3 Å². The standard InChI is InChI=1S/C20H23Cl2NO.C7H9N.CH3.Ni/c1-11(2)15-7-6-8-16(12(3)4)19(15)23-13(5)17-9-14(21)10-18(22)20(17)24;1-6-4-3-5-7(2)8-6;;/h6-12,24H,1-5H3;3-5H,1-2H3;1H3;/q;;-1;. The van der Waals surface area contributed by atoms with Crippen molar-refractivity contribution in [3.63, 3.8) is 0 Å². The van der Waals surface area contributed by atoms with Crippen molar-refractivity contribution < 1.29 is 21.6 Å². The largest absolute Gasteiger partial charge is 0.506 e. The minimum Gasteiger partial charge on any atom is -0.506 e. The molecular weight excluding hydrogens is 510 g/mol. The number of aromatic nitrogens is 1. The molecule has 0 aliphatic rings. The molecule has 2 aromatic carbocycles. The topological polar surface area (TPSA) is 45.5 Å². The number of rotatable bonds is 4. The van der Waals surface area contributed by atoms with Gasteiger partial charge in [-0.2, -0.15) is 0 Å². The van der Waals surface area contributed by atoms with Gasteiger partial charge in [-0.05, 0) is 68.0 Å².